The minimum atomic E-state index is -0.320. The Morgan fingerprint density at radius 1 is 1.31 bits per heavy atom. The van der Waals surface area contributed by atoms with Gasteiger partial charge in [0, 0.05) is 37.1 Å². The number of nitrogens with one attached hydrogen (secondary N) is 2. The third-order valence-corrected chi connectivity index (χ3v) is 6.62. The number of nitrogens with zero attached hydrogens (tertiary/aromatic N) is 4. The number of fused-ring (bicyclic) bond motifs is 1. The molecule has 9 nitrogen and oxygen atoms in total. The van der Waals surface area contributed by atoms with Gasteiger partial charge in [-0.3, -0.25) is 9.20 Å². The van der Waals surface area contributed by atoms with Crippen molar-refractivity contribution < 1.29 is 13.6 Å². The first-order chi connectivity index (χ1) is 17.5. The summed E-state index contributed by atoms with van der Waals surface area (Å²) in [6, 6.07) is 6.10. The molecule has 0 saturated carbocycles. The van der Waals surface area contributed by atoms with Gasteiger partial charge in [0.05, 0.1) is 11.7 Å². The third-order valence-electron chi connectivity index (χ3n) is 6.62. The number of oxazole rings is 1. The van der Waals surface area contributed by atoms with Gasteiger partial charge in [-0.05, 0) is 68.1 Å². The summed E-state index contributed by atoms with van der Waals surface area (Å²) in [4.78, 5) is 23.5. The molecule has 2 aliphatic rings. The third kappa shape index (κ3) is 5.03. The molecule has 2 aromatic heterocycles. The van der Waals surface area contributed by atoms with Crippen molar-refractivity contribution in [2.24, 2.45) is 10.7 Å². The first kappa shape index (κ1) is 23.8. The van der Waals surface area contributed by atoms with E-state index in [-0.39, 0.29) is 29.8 Å². The van der Waals surface area contributed by atoms with E-state index in [1.54, 1.807) is 35.0 Å². The van der Waals surface area contributed by atoms with Crippen LogP contribution in [-0.4, -0.2) is 57.9 Å². The van der Waals surface area contributed by atoms with Gasteiger partial charge in [-0.2, -0.15) is 4.98 Å². The molecule has 188 valence electrons. The Balaban J connectivity index is 1.25. The summed E-state index contributed by atoms with van der Waals surface area (Å²) >= 11 is 0. The van der Waals surface area contributed by atoms with Gasteiger partial charge in [0.15, 0.2) is 5.96 Å². The van der Waals surface area contributed by atoms with E-state index in [4.69, 9.17) is 10.2 Å². The van der Waals surface area contributed by atoms with Gasteiger partial charge in [-0.1, -0.05) is 6.58 Å². The molecule has 10 heteroatoms. The number of hydrogen-bond donors (Lipinski definition) is 3. The van der Waals surface area contributed by atoms with E-state index >= 15 is 0 Å². The minimum absolute atomic E-state index is 0.0508. The molecule has 2 saturated heterocycles. The van der Waals surface area contributed by atoms with E-state index in [0.29, 0.717) is 29.3 Å². The van der Waals surface area contributed by atoms with E-state index in [0.717, 1.165) is 44.3 Å². The number of aliphatic imine (C=N–C) groups is 1. The summed E-state index contributed by atoms with van der Waals surface area (Å²) in [6.07, 6.45) is 10.4. The monoisotopic (exact) mass is 491 g/mol. The molecule has 1 aromatic carbocycles. The van der Waals surface area contributed by atoms with E-state index in [2.05, 4.69) is 27.2 Å². The highest BCUT2D eigenvalue weighted by molar-refractivity contribution is 5.84. The Hall–Kier alpha value is -3.92. The largest absolute Gasteiger partial charge is 0.432 e. The minimum Gasteiger partial charge on any atom is -0.432 e. The summed E-state index contributed by atoms with van der Waals surface area (Å²) in [5.74, 6) is 0.541. The summed E-state index contributed by atoms with van der Waals surface area (Å²) in [7, 11) is 0. The molecule has 4 heterocycles. The fourth-order valence-corrected chi connectivity index (χ4v) is 4.85. The molecule has 3 aromatic rings. The second kappa shape index (κ2) is 10.4. The smallest absolute Gasteiger partial charge is 0.306 e. The average Bonchev–Trinajstić information content (AvgIpc) is 3.62. The zero-order valence-electron chi connectivity index (χ0n) is 20.0. The van der Waals surface area contributed by atoms with Crippen LogP contribution in [0.1, 0.15) is 31.4 Å². The molecule has 0 bridgehead atoms. The Morgan fingerprint density at radius 3 is 2.92 bits per heavy atom. The summed E-state index contributed by atoms with van der Waals surface area (Å²) in [6.45, 7) is 6.45. The molecule has 5 rings (SSSR count). The Bertz CT molecular complexity index is 1300. The lowest BCUT2D eigenvalue weighted by Gasteiger charge is -2.34. The first-order valence-electron chi connectivity index (χ1n) is 12.2. The van der Waals surface area contributed by atoms with Gasteiger partial charge in [0.2, 0.25) is 5.91 Å². The number of hydrogen-bond acceptors (Lipinski definition) is 5. The number of halogens is 1. The Morgan fingerprint density at radius 2 is 2.14 bits per heavy atom. The lowest BCUT2D eigenvalue weighted by molar-refractivity contribution is -0.134. The summed E-state index contributed by atoms with van der Waals surface area (Å²) in [5.41, 5.74) is 8.86. The van der Waals surface area contributed by atoms with E-state index < -0.39 is 0 Å². The highest BCUT2D eigenvalue weighted by Crippen LogP contribution is 2.30. The SMILES string of the molecule is C=C(/C=C\N=C(/N)N[C@@H]1CCCN(C(=O)[C@@H]2CCCN2)C1)c1c(-c2ccc(F)cc2)nc2occn12. The fourth-order valence-electron chi connectivity index (χ4n) is 4.85. The molecule has 36 heavy (non-hydrogen) atoms. The van der Waals surface area contributed by atoms with Crippen LogP contribution in [0.3, 0.4) is 0 Å². The maximum Gasteiger partial charge on any atom is 0.306 e. The number of amides is 1. The average molecular weight is 492 g/mol. The topological polar surface area (TPSA) is 113 Å². The van der Waals surface area contributed by atoms with Crippen molar-refractivity contribution in [3.8, 4) is 11.3 Å². The molecule has 0 aliphatic carbocycles. The van der Waals surface area contributed by atoms with Crippen LogP contribution in [0.4, 0.5) is 4.39 Å². The molecule has 2 aliphatic heterocycles. The molecule has 0 radical (unpaired) electrons. The van der Waals surface area contributed by atoms with Gasteiger partial charge < -0.3 is 25.7 Å². The normalized spacial score (nSPS) is 20.9. The Labute approximate surface area is 208 Å². The predicted molar refractivity (Wildman–Crippen MR) is 136 cm³/mol. The zero-order valence-corrected chi connectivity index (χ0v) is 20.0. The van der Waals surface area contributed by atoms with Crippen LogP contribution < -0.4 is 16.4 Å². The van der Waals surface area contributed by atoms with Crippen LogP contribution in [-0.2, 0) is 4.79 Å². The summed E-state index contributed by atoms with van der Waals surface area (Å²) < 4.78 is 20.6. The van der Waals surface area contributed by atoms with Gasteiger partial charge in [-0.25, -0.2) is 9.38 Å². The lowest BCUT2D eigenvalue weighted by Crippen LogP contribution is -2.54. The molecule has 0 spiro atoms. The van der Waals surface area contributed by atoms with Gasteiger partial charge >= 0.3 is 5.84 Å². The summed E-state index contributed by atoms with van der Waals surface area (Å²) in [5, 5.41) is 6.51. The predicted octanol–water partition coefficient (Wildman–Crippen LogP) is 2.91. The van der Waals surface area contributed by atoms with Crippen molar-refractivity contribution >= 4 is 23.3 Å². The molecule has 2 fully saturated rings. The fraction of sp³-hybridized carbons (Fsp3) is 0.346. The molecule has 2 atom stereocenters. The van der Waals surface area contributed by atoms with E-state index in [1.165, 1.54) is 18.4 Å². The second-order valence-corrected chi connectivity index (χ2v) is 9.14. The van der Waals surface area contributed by atoms with Gasteiger partial charge in [0.25, 0.3) is 0 Å². The number of imidazole rings is 1. The maximum absolute atomic E-state index is 13.4. The number of rotatable bonds is 6. The molecule has 0 unspecified atom stereocenters. The first-order valence-corrected chi connectivity index (χ1v) is 12.2. The zero-order chi connectivity index (χ0) is 25.1. The van der Waals surface area contributed by atoms with Crippen molar-refractivity contribution in [2.45, 2.75) is 37.8 Å². The van der Waals surface area contributed by atoms with Crippen molar-refractivity contribution in [1.82, 2.24) is 24.9 Å². The number of carbonyl (C=O) groups excluding carboxylic acids is 1. The number of allylic oxidation sites excluding steroid dienone is 2. The van der Waals surface area contributed by atoms with E-state index in [1.807, 2.05) is 4.90 Å². The number of likely N-dealkylation sites (tertiary alicyclic amines) is 1. The number of guanidine groups is 1. The number of aromatic nitrogens is 2. The number of piperidine rings is 1. The van der Waals surface area contributed by atoms with Crippen molar-refractivity contribution in [3.05, 3.63) is 67.1 Å². The van der Waals surface area contributed by atoms with Gasteiger partial charge in [-0.15, -0.1) is 0 Å². The number of benzene rings is 1. The molecule has 4 N–H and O–H groups in total. The molecular weight excluding hydrogens is 461 g/mol. The van der Waals surface area contributed by atoms with Crippen LogP contribution in [0, 0.1) is 5.82 Å². The highest BCUT2D eigenvalue weighted by atomic mass is 19.1. The van der Waals surface area contributed by atoms with Crippen LogP contribution >= 0.6 is 0 Å². The van der Waals surface area contributed by atoms with Crippen molar-refractivity contribution in [3.63, 3.8) is 0 Å². The lowest BCUT2D eigenvalue weighted by atomic mass is 10.0. The van der Waals surface area contributed by atoms with Crippen molar-refractivity contribution in [2.75, 3.05) is 19.6 Å². The molecular formula is C26H30FN7O2. The van der Waals surface area contributed by atoms with Crippen LogP contribution in [0.5, 0.6) is 0 Å². The van der Waals surface area contributed by atoms with Crippen molar-refractivity contribution in [1.29, 1.82) is 0 Å². The molecule has 1 amide bonds. The van der Waals surface area contributed by atoms with E-state index in [9.17, 15) is 9.18 Å². The number of carbonyl (C=O) groups is 1. The van der Waals surface area contributed by atoms with Gasteiger partial charge in [0.1, 0.15) is 17.8 Å². The van der Waals surface area contributed by atoms with Crippen LogP contribution in [0.15, 0.2) is 65.0 Å². The Kier molecular flexibility index (Phi) is 6.86. The second-order valence-electron chi connectivity index (χ2n) is 9.14. The quantitative estimate of drug-likeness (QED) is 0.278. The number of nitrogens with two attached hydrogens (primary N) is 1. The van der Waals surface area contributed by atoms with Crippen LogP contribution in [0.25, 0.3) is 22.7 Å². The maximum atomic E-state index is 13.4. The van der Waals surface area contributed by atoms with Crippen LogP contribution in [0.2, 0.25) is 0 Å². The highest BCUT2D eigenvalue weighted by Gasteiger charge is 2.30. The standard InChI is InChI=1S/C26H30FN7O2/c1-17(23-22(18-6-8-19(27)9-7-18)32-26-34(23)14-15-36-26)10-12-30-25(28)31-20-4-3-13-33(16-20)24(35)21-5-2-11-29-21/h6-10,12,14-15,20-21,29H,1-5,11,13,16H2,(H3,28,30,31)/b12-10-/t20-,21+/m1/s1.